The normalized spacial score (nSPS) is 18.3. The van der Waals surface area contributed by atoms with Crippen LogP contribution in [0, 0.1) is 26.7 Å². The Morgan fingerprint density at radius 1 is 1.11 bits per heavy atom. The third-order valence-corrected chi connectivity index (χ3v) is 6.16. The molecule has 0 unspecified atom stereocenters. The molecule has 2 amide bonds. The second kappa shape index (κ2) is 8.77. The lowest BCUT2D eigenvalue weighted by Gasteiger charge is -2.32. The molecule has 2 aliphatic rings. The molecule has 5 nitrogen and oxygen atoms in total. The fourth-order valence-electron chi connectivity index (χ4n) is 4.12. The van der Waals surface area contributed by atoms with Gasteiger partial charge in [0.1, 0.15) is 5.75 Å². The van der Waals surface area contributed by atoms with E-state index in [-0.39, 0.29) is 12.5 Å². The molecule has 148 valence electrons. The van der Waals surface area contributed by atoms with Gasteiger partial charge in [0.25, 0.3) is 5.91 Å². The van der Waals surface area contributed by atoms with Crippen LogP contribution in [-0.4, -0.2) is 54.4 Å². The molecule has 0 N–H and O–H groups in total. The Bertz CT molecular complexity index is 693. The van der Waals surface area contributed by atoms with Crippen molar-refractivity contribution < 1.29 is 14.3 Å². The minimum Gasteiger partial charge on any atom is -0.483 e. The van der Waals surface area contributed by atoms with Crippen LogP contribution in [0.1, 0.15) is 48.8 Å². The summed E-state index contributed by atoms with van der Waals surface area (Å²) in [6, 6.07) is 4.12. The molecule has 2 heterocycles. The van der Waals surface area contributed by atoms with Gasteiger partial charge in [0.05, 0.1) is 0 Å². The highest BCUT2D eigenvalue weighted by molar-refractivity contribution is 5.78. The first-order valence-electron chi connectivity index (χ1n) is 10.2. The first-order valence-corrected chi connectivity index (χ1v) is 10.2. The SMILES string of the molecule is Cc1ccc(C)c(OCC(=O)N2CCC(CCN3CCCC3=O)CC2)c1C. The first-order chi connectivity index (χ1) is 13.0. The second-order valence-corrected chi connectivity index (χ2v) is 8.04. The van der Waals surface area contributed by atoms with Crippen LogP contribution < -0.4 is 4.74 Å². The quantitative estimate of drug-likeness (QED) is 0.770. The third-order valence-electron chi connectivity index (χ3n) is 6.16. The van der Waals surface area contributed by atoms with Gasteiger partial charge in [0.2, 0.25) is 5.91 Å². The summed E-state index contributed by atoms with van der Waals surface area (Å²) in [4.78, 5) is 28.2. The van der Waals surface area contributed by atoms with E-state index in [9.17, 15) is 9.59 Å². The third kappa shape index (κ3) is 4.82. The second-order valence-electron chi connectivity index (χ2n) is 8.04. The number of piperidine rings is 1. The monoisotopic (exact) mass is 372 g/mol. The van der Waals surface area contributed by atoms with Crippen molar-refractivity contribution in [3.8, 4) is 5.75 Å². The molecule has 0 saturated carbocycles. The van der Waals surface area contributed by atoms with Gasteiger partial charge in [-0.05, 0) is 69.1 Å². The van der Waals surface area contributed by atoms with E-state index in [1.165, 1.54) is 5.56 Å². The summed E-state index contributed by atoms with van der Waals surface area (Å²) >= 11 is 0. The molecule has 0 spiro atoms. The van der Waals surface area contributed by atoms with E-state index in [1.807, 2.05) is 29.7 Å². The summed E-state index contributed by atoms with van der Waals surface area (Å²) in [6.45, 7) is 9.63. The highest BCUT2D eigenvalue weighted by Crippen LogP contribution is 2.26. The van der Waals surface area contributed by atoms with Gasteiger partial charge in [0, 0.05) is 32.6 Å². The van der Waals surface area contributed by atoms with Crippen molar-refractivity contribution in [1.82, 2.24) is 9.80 Å². The molecule has 0 radical (unpaired) electrons. The average Bonchev–Trinajstić information content (AvgIpc) is 3.08. The first kappa shape index (κ1) is 19.7. The van der Waals surface area contributed by atoms with Crippen LogP contribution in [-0.2, 0) is 9.59 Å². The Hall–Kier alpha value is -2.04. The van der Waals surface area contributed by atoms with E-state index in [1.54, 1.807) is 0 Å². The molecule has 0 aromatic heterocycles. The van der Waals surface area contributed by atoms with Gasteiger partial charge in [0.15, 0.2) is 6.61 Å². The lowest BCUT2D eigenvalue weighted by Crippen LogP contribution is -2.41. The van der Waals surface area contributed by atoms with Crippen LogP contribution in [0.5, 0.6) is 5.75 Å². The standard InChI is InChI=1S/C22H32N2O3/c1-16-6-7-17(2)22(18(16)3)27-15-21(26)24-13-9-19(10-14-24)8-12-23-11-4-5-20(23)25/h6-7,19H,4-5,8-15H2,1-3H3. The molecule has 0 aliphatic carbocycles. The molecule has 2 aliphatic heterocycles. The van der Waals surface area contributed by atoms with Crippen molar-refractivity contribution in [3.63, 3.8) is 0 Å². The highest BCUT2D eigenvalue weighted by atomic mass is 16.5. The zero-order chi connectivity index (χ0) is 19.4. The smallest absolute Gasteiger partial charge is 0.260 e. The summed E-state index contributed by atoms with van der Waals surface area (Å²) in [6.07, 6.45) is 4.83. The maximum atomic E-state index is 12.5. The Kier molecular flexibility index (Phi) is 6.40. The number of carbonyl (C=O) groups excluding carboxylic acids is 2. The number of nitrogens with zero attached hydrogens (tertiary/aromatic N) is 2. The number of amides is 2. The largest absolute Gasteiger partial charge is 0.483 e. The van der Waals surface area contributed by atoms with Gasteiger partial charge in [-0.25, -0.2) is 0 Å². The van der Waals surface area contributed by atoms with Crippen LogP contribution in [0.2, 0.25) is 0 Å². The Morgan fingerprint density at radius 2 is 1.81 bits per heavy atom. The summed E-state index contributed by atoms with van der Waals surface area (Å²) < 4.78 is 5.88. The van der Waals surface area contributed by atoms with Crippen molar-refractivity contribution >= 4 is 11.8 Å². The predicted octanol–water partition coefficient (Wildman–Crippen LogP) is 3.24. The Morgan fingerprint density at radius 3 is 2.48 bits per heavy atom. The number of benzene rings is 1. The summed E-state index contributed by atoms with van der Waals surface area (Å²) in [5, 5.41) is 0. The van der Waals surface area contributed by atoms with Gasteiger partial charge < -0.3 is 14.5 Å². The fraction of sp³-hybridized carbons (Fsp3) is 0.636. The van der Waals surface area contributed by atoms with Crippen LogP contribution in [0.15, 0.2) is 12.1 Å². The van der Waals surface area contributed by atoms with Crippen LogP contribution in [0.4, 0.5) is 0 Å². The Balaban J connectivity index is 1.42. The topological polar surface area (TPSA) is 49.9 Å². The molecule has 1 aromatic rings. The molecule has 2 fully saturated rings. The number of rotatable bonds is 6. The number of hydrogen-bond donors (Lipinski definition) is 0. The number of carbonyl (C=O) groups is 2. The zero-order valence-electron chi connectivity index (χ0n) is 16.9. The minimum absolute atomic E-state index is 0.0727. The maximum Gasteiger partial charge on any atom is 0.260 e. The number of ether oxygens (including phenoxy) is 1. The van der Waals surface area contributed by atoms with Crippen molar-refractivity contribution in [3.05, 3.63) is 28.8 Å². The lowest BCUT2D eigenvalue weighted by molar-refractivity contribution is -0.134. The molecule has 0 atom stereocenters. The van der Waals surface area contributed by atoms with E-state index in [2.05, 4.69) is 13.0 Å². The van der Waals surface area contributed by atoms with E-state index in [0.29, 0.717) is 18.2 Å². The average molecular weight is 373 g/mol. The van der Waals surface area contributed by atoms with Crippen molar-refractivity contribution in [2.75, 3.05) is 32.8 Å². The van der Waals surface area contributed by atoms with Crippen molar-refractivity contribution in [2.24, 2.45) is 5.92 Å². The number of likely N-dealkylation sites (tertiary alicyclic amines) is 2. The molecule has 2 saturated heterocycles. The maximum absolute atomic E-state index is 12.5. The predicted molar refractivity (Wildman–Crippen MR) is 106 cm³/mol. The van der Waals surface area contributed by atoms with Gasteiger partial charge >= 0.3 is 0 Å². The number of aryl methyl sites for hydroxylation is 2. The highest BCUT2D eigenvalue weighted by Gasteiger charge is 2.25. The minimum atomic E-state index is 0.0727. The van der Waals surface area contributed by atoms with Gasteiger partial charge in [-0.2, -0.15) is 0 Å². The summed E-state index contributed by atoms with van der Waals surface area (Å²) in [7, 11) is 0. The molecule has 3 rings (SSSR count). The Labute approximate surface area is 162 Å². The summed E-state index contributed by atoms with van der Waals surface area (Å²) in [5.74, 6) is 1.84. The fourth-order valence-corrected chi connectivity index (χ4v) is 4.12. The van der Waals surface area contributed by atoms with E-state index >= 15 is 0 Å². The van der Waals surface area contributed by atoms with Crippen molar-refractivity contribution in [1.29, 1.82) is 0 Å². The molecule has 27 heavy (non-hydrogen) atoms. The number of hydrogen-bond acceptors (Lipinski definition) is 3. The van der Waals surface area contributed by atoms with E-state index in [0.717, 1.165) is 68.7 Å². The molecular formula is C22H32N2O3. The van der Waals surface area contributed by atoms with Crippen molar-refractivity contribution in [2.45, 2.75) is 52.9 Å². The van der Waals surface area contributed by atoms with E-state index < -0.39 is 0 Å². The zero-order valence-corrected chi connectivity index (χ0v) is 16.9. The van der Waals surface area contributed by atoms with Gasteiger partial charge in [-0.15, -0.1) is 0 Å². The summed E-state index contributed by atoms with van der Waals surface area (Å²) in [5.41, 5.74) is 3.36. The van der Waals surface area contributed by atoms with Crippen LogP contribution in [0.25, 0.3) is 0 Å². The molecule has 1 aromatic carbocycles. The molecule has 5 heteroatoms. The van der Waals surface area contributed by atoms with Gasteiger partial charge in [-0.3, -0.25) is 9.59 Å². The van der Waals surface area contributed by atoms with Gasteiger partial charge in [-0.1, -0.05) is 12.1 Å². The molecular weight excluding hydrogens is 340 g/mol. The molecule has 0 bridgehead atoms. The van der Waals surface area contributed by atoms with Crippen LogP contribution >= 0.6 is 0 Å². The van der Waals surface area contributed by atoms with Crippen LogP contribution in [0.3, 0.4) is 0 Å². The van der Waals surface area contributed by atoms with E-state index in [4.69, 9.17) is 4.74 Å². The lowest BCUT2D eigenvalue weighted by atomic mass is 9.93.